The summed E-state index contributed by atoms with van der Waals surface area (Å²) in [7, 11) is 1.81. The van der Waals surface area contributed by atoms with Crippen molar-refractivity contribution in [3.8, 4) is 5.75 Å². The van der Waals surface area contributed by atoms with Crippen LogP contribution in [0.15, 0.2) is 33.7 Å². The highest BCUT2D eigenvalue weighted by atomic mass is 16.5. The first-order valence-corrected chi connectivity index (χ1v) is 11.3. The van der Waals surface area contributed by atoms with Crippen LogP contribution < -0.4 is 15.4 Å². The maximum Gasteiger partial charge on any atom is 0.208 e. The molecule has 1 aliphatic heterocycles. The van der Waals surface area contributed by atoms with E-state index in [0.29, 0.717) is 12.5 Å². The number of aryl methyl sites for hydroxylation is 3. The van der Waals surface area contributed by atoms with Crippen LogP contribution in [0.4, 0.5) is 0 Å². The van der Waals surface area contributed by atoms with Gasteiger partial charge in [-0.25, -0.2) is 4.98 Å². The number of hydrogen-bond acceptors (Lipinski definition) is 5. The molecule has 2 N–H and O–H groups in total. The van der Waals surface area contributed by atoms with Gasteiger partial charge in [0.05, 0.1) is 18.8 Å². The predicted octanol–water partition coefficient (Wildman–Crippen LogP) is 3.44. The molecule has 1 fully saturated rings. The summed E-state index contributed by atoms with van der Waals surface area (Å²) in [5, 5.41) is 6.85. The third kappa shape index (κ3) is 7.28. The van der Waals surface area contributed by atoms with E-state index >= 15 is 0 Å². The second-order valence-corrected chi connectivity index (χ2v) is 8.55. The number of nitrogens with one attached hydrogen (secondary N) is 2. The predicted molar refractivity (Wildman–Crippen MR) is 125 cm³/mol. The summed E-state index contributed by atoms with van der Waals surface area (Å²) >= 11 is 0. The first-order valence-electron chi connectivity index (χ1n) is 11.3. The molecule has 1 aromatic heterocycles. The Morgan fingerprint density at radius 3 is 2.68 bits per heavy atom. The molecule has 2 aromatic rings. The molecule has 0 radical (unpaired) electrons. The molecule has 0 bridgehead atoms. The summed E-state index contributed by atoms with van der Waals surface area (Å²) in [4.78, 5) is 11.3. The molecule has 0 spiro atoms. The molecule has 7 nitrogen and oxygen atoms in total. The van der Waals surface area contributed by atoms with E-state index in [9.17, 15) is 0 Å². The largest absolute Gasteiger partial charge is 0.489 e. The van der Waals surface area contributed by atoms with Gasteiger partial charge in [0, 0.05) is 13.6 Å². The Labute approximate surface area is 186 Å². The maximum absolute atomic E-state index is 5.99. The number of guanidine groups is 1. The molecule has 1 atom stereocenters. The monoisotopic (exact) mass is 427 g/mol. The van der Waals surface area contributed by atoms with E-state index in [-0.39, 0.29) is 6.10 Å². The lowest BCUT2D eigenvalue weighted by Crippen LogP contribution is -2.45. The molecule has 1 unspecified atom stereocenters. The van der Waals surface area contributed by atoms with E-state index < -0.39 is 0 Å². The SMILES string of the molecule is CN=C(NCC1CCN(Cc2nc(C)c(C)o2)CC1)NCC(C)Oc1cccc(C)c1. The molecule has 1 saturated heterocycles. The maximum atomic E-state index is 5.99. The average Bonchev–Trinajstić information content (AvgIpc) is 3.06. The van der Waals surface area contributed by atoms with Crippen molar-refractivity contribution in [1.29, 1.82) is 0 Å². The first-order chi connectivity index (χ1) is 14.9. The van der Waals surface area contributed by atoms with E-state index in [1.165, 1.54) is 5.56 Å². The third-order valence-electron chi connectivity index (χ3n) is 5.80. The molecule has 3 rings (SSSR count). The van der Waals surface area contributed by atoms with Gasteiger partial charge in [0.2, 0.25) is 5.89 Å². The van der Waals surface area contributed by atoms with Gasteiger partial charge in [-0.2, -0.15) is 0 Å². The molecule has 7 heteroatoms. The summed E-state index contributed by atoms with van der Waals surface area (Å²) in [5.41, 5.74) is 2.19. The molecular weight excluding hydrogens is 390 g/mol. The first kappa shape index (κ1) is 23.1. The van der Waals surface area contributed by atoms with Crippen LogP contribution in [0.3, 0.4) is 0 Å². The van der Waals surface area contributed by atoms with Crippen molar-refractivity contribution in [3.63, 3.8) is 0 Å². The highest BCUT2D eigenvalue weighted by Crippen LogP contribution is 2.19. The molecule has 0 saturated carbocycles. The van der Waals surface area contributed by atoms with Gasteiger partial charge in [0.15, 0.2) is 5.96 Å². The molecule has 170 valence electrons. The number of nitrogens with zero attached hydrogens (tertiary/aromatic N) is 3. The number of benzene rings is 1. The van der Waals surface area contributed by atoms with Crippen molar-refractivity contribution in [2.24, 2.45) is 10.9 Å². The smallest absolute Gasteiger partial charge is 0.208 e. The van der Waals surface area contributed by atoms with Crippen LogP contribution in [0.5, 0.6) is 5.75 Å². The second kappa shape index (κ2) is 11.2. The molecule has 0 aliphatic carbocycles. The lowest BCUT2D eigenvalue weighted by molar-refractivity contribution is 0.164. The Hall–Kier alpha value is -2.54. The summed E-state index contributed by atoms with van der Waals surface area (Å²) in [6.45, 7) is 12.7. The van der Waals surface area contributed by atoms with Gasteiger partial charge in [-0.05, 0) is 77.2 Å². The highest BCUT2D eigenvalue weighted by Gasteiger charge is 2.21. The minimum absolute atomic E-state index is 0.0473. The number of ether oxygens (including phenoxy) is 1. The summed E-state index contributed by atoms with van der Waals surface area (Å²) in [5.74, 6) is 4.13. The summed E-state index contributed by atoms with van der Waals surface area (Å²) in [6, 6.07) is 8.14. The van der Waals surface area contributed by atoms with Crippen molar-refractivity contribution in [2.45, 2.75) is 53.2 Å². The zero-order valence-corrected chi connectivity index (χ0v) is 19.6. The molecular formula is C24H37N5O2. The molecule has 1 aliphatic rings. The number of hydrogen-bond donors (Lipinski definition) is 2. The average molecular weight is 428 g/mol. The Kier molecular flexibility index (Phi) is 8.35. The van der Waals surface area contributed by atoms with Crippen LogP contribution in [0.1, 0.15) is 42.7 Å². The van der Waals surface area contributed by atoms with Gasteiger partial charge in [-0.3, -0.25) is 9.89 Å². The van der Waals surface area contributed by atoms with E-state index in [1.54, 1.807) is 0 Å². The number of oxazole rings is 1. The Morgan fingerprint density at radius 1 is 1.26 bits per heavy atom. The van der Waals surface area contributed by atoms with Crippen LogP contribution in [0.25, 0.3) is 0 Å². The van der Waals surface area contributed by atoms with E-state index in [1.807, 2.05) is 33.0 Å². The Balaban J connectivity index is 1.34. The molecule has 31 heavy (non-hydrogen) atoms. The quantitative estimate of drug-likeness (QED) is 0.497. The Bertz CT molecular complexity index is 836. The Morgan fingerprint density at radius 2 is 2.03 bits per heavy atom. The molecule has 0 amide bonds. The van der Waals surface area contributed by atoms with Crippen molar-refractivity contribution in [3.05, 3.63) is 47.2 Å². The highest BCUT2D eigenvalue weighted by molar-refractivity contribution is 5.79. The van der Waals surface area contributed by atoms with Crippen LogP contribution in [-0.2, 0) is 6.54 Å². The number of rotatable bonds is 8. The number of aliphatic imine (C=N–C) groups is 1. The van der Waals surface area contributed by atoms with Gasteiger partial charge < -0.3 is 19.8 Å². The third-order valence-corrected chi connectivity index (χ3v) is 5.80. The molecule has 2 heterocycles. The van der Waals surface area contributed by atoms with Gasteiger partial charge >= 0.3 is 0 Å². The normalized spacial score (nSPS) is 16.9. The van der Waals surface area contributed by atoms with Crippen LogP contribution in [-0.4, -0.2) is 55.2 Å². The van der Waals surface area contributed by atoms with Crippen molar-refractivity contribution in [2.75, 3.05) is 33.2 Å². The number of aromatic nitrogens is 1. The van der Waals surface area contributed by atoms with Gasteiger partial charge in [0.1, 0.15) is 17.6 Å². The van der Waals surface area contributed by atoms with Crippen molar-refractivity contribution < 1.29 is 9.15 Å². The second-order valence-electron chi connectivity index (χ2n) is 8.55. The lowest BCUT2D eigenvalue weighted by Gasteiger charge is -2.31. The van der Waals surface area contributed by atoms with E-state index in [2.05, 4.69) is 51.5 Å². The van der Waals surface area contributed by atoms with Crippen LogP contribution in [0.2, 0.25) is 0 Å². The van der Waals surface area contributed by atoms with Crippen molar-refractivity contribution in [1.82, 2.24) is 20.5 Å². The van der Waals surface area contributed by atoms with E-state index in [0.717, 1.165) is 68.1 Å². The fraction of sp³-hybridized carbons (Fsp3) is 0.583. The summed E-state index contributed by atoms with van der Waals surface area (Å²) in [6.07, 6.45) is 2.37. The summed E-state index contributed by atoms with van der Waals surface area (Å²) < 4.78 is 11.7. The van der Waals surface area contributed by atoms with Crippen molar-refractivity contribution >= 4 is 5.96 Å². The van der Waals surface area contributed by atoms with Crippen LogP contribution in [0, 0.1) is 26.7 Å². The van der Waals surface area contributed by atoms with E-state index in [4.69, 9.17) is 9.15 Å². The van der Waals surface area contributed by atoms with Gasteiger partial charge in [-0.1, -0.05) is 12.1 Å². The number of likely N-dealkylation sites (tertiary alicyclic amines) is 1. The van der Waals surface area contributed by atoms with Gasteiger partial charge in [-0.15, -0.1) is 0 Å². The lowest BCUT2D eigenvalue weighted by atomic mass is 9.97. The minimum Gasteiger partial charge on any atom is -0.489 e. The molecule has 1 aromatic carbocycles. The number of piperidine rings is 1. The zero-order chi connectivity index (χ0) is 22.2. The van der Waals surface area contributed by atoms with Gasteiger partial charge in [0.25, 0.3) is 0 Å². The minimum atomic E-state index is 0.0473. The topological polar surface area (TPSA) is 74.9 Å². The fourth-order valence-corrected chi connectivity index (χ4v) is 3.81. The fourth-order valence-electron chi connectivity index (χ4n) is 3.81. The van der Waals surface area contributed by atoms with Crippen LogP contribution >= 0.6 is 0 Å². The standard InChI is InChI=1S/C24H37N5O2/c1-17-7-6-8-22(13-17)30-18(2)14-26-24(25-5)27-15-21-9-11-29(12-10-21)16-23-28-19(3)20(4)31-23/h6-8,13,18,21H,9-12,14-16H2,1-5H3,(H2,25,26,27). The zero-order valence-electron chi connectivity index (χ0n) is 19.6.